The van der Waals surface area contributed by atoms with Gasteiger partial charge in [-0.2, -0.15) is 0 Å². The number of ether oxygens (including phenoxy) is 2. The van der Waals surface area contributed by atoms with E-state index in [-0.39, 0.29) is 21.3 Å². The molecule has 1 atom stereocenters. The number of carbonyl (C=O) groups excluding carboxylic acids is 3. The first-order valence-corrected chi connectivity index (χ1v) is 12.3. The molecule has 1 N–H and O–H groups in total. The minimum Gasteiger partial charge on any atom is -0.507 e. The molecule has 4 rings (SSSR count). The maximum atomic E-state index is 13.4. The first-order chi connectivity index (χ1) is 17.7. The van der Waals surface area contributed by atoms with Crippen molar-refractivity contribution in [1.82, 2.24) is 4.98 Å². The number of esters is 1. The molecule has 2 heterocycles. The molecule has 0 saturated carbocycles. The summed E-state index contributed by atoms with van der Waals surface area (Å²) in [4.78, 5) is 44.7. The van der Waals surface area contributed by atoms with Gasteiger partial charge in [0.25, 0.3) is 5.78 Å². The highest BCUT2D eigenvalue weighted by Crippen LogP contribution is 2.44. The van der Waals surface area contributed by atoms with Crippen molar-refractivity contribution in [2.24, 2.45) is 0 Å². The Labute approximate surface area is 222 Å². The van der Waals surface area contributed by atoms with Gasteiger partial charge in [-0.15, -0.1) is 0 Å². The van der Waals surface area contributed by atoms with Gasteiger partial charge in [0.05, 0.1) is 24.4 Å². The Morgan fingerprint density at radius 3 is 2.54 bits per heavy atom. The predicted octanol–water partition coefficient (Wildman–Crippen LogP) is 5.39. The number of Topliss-reactive ketones (excluding diaryl/α,β-unsaturated/α-hetero) is 1. The molecule has 0 bridgehead atoms. The number of amides is 1. The number of hydrogen-bond donors (Lipinski definition) is 1. The summed E-state index contributed by atoms with van der Waals surface area (Å²) in [6.45, 7) is 7.31. The highest BCUT2D eigenvalue weighted by atomic mass is 35.5. The van der Waals surface area contributed by atoms with Crippen molar-refractivity contribution < 1.29 is 29.0 Å². The van der Waals surface area contributed by atoms with Gasteiger partial charge >= 0.3 is 11.9 Å². The van der Waals surface area contributed by atoms with Crippen molar-refractivity contribution in [3.63, 3.8) is 0 Å². The molecule has 190 valence electrons. The summed E-state index contributed by atoms with van der Waals surface area (Å²) in [7, 11) is 1.25. The minimum atomic E-state index is -1.01. The van der Waals surface area contributed by atoms with Crippen LogP contribution in [0.2, 0.25) is 5.02 Å². The number of ketones is 1. The second-order valence-electron chi connectivity index (χ2n) is 8.20. The quantitative estimate of drug-likeness (QED) is 0.141. The van der Waals surface area contributed by atoms with Crippen LogP contribution < -0.4 is 9.64 Å². The van der Waals surface area contributed by atoms with Crippen LogP contribution in [-0.4, -0.2) is 41.5 Å². The van der Waals surface area contributed by atoms with Gasteiger partial charge in [0.1, 0.15) is 23.0 Å². The summed E-state index contributed by atoms with van der Waals surface area (Å²) < 4.78 is 10.4. The van der Waals surface area contributed by atoms with E-state index in [4.69, 9.17) is 21.1 Å². The van der Waals surface area contributed by atoms with Crippen LogP contribution in [0.5, 0.6) is 5.75 Å². The maximum Gasteiger partial charge on any atom is 0.350 e. The fourth-order valence-electron chi connectivity index (χ4n) is 4.05. The molecule has 3 aromatic rings. The third kappa shape index (κ3) is 4.87. The Balaban J connectivity index is 1.89. The zero-order chi connectivity index (χ0) is 26.9. The van der Waals surface area contributed by atoms with Crippen LogP contribution >= 0.6 is 22.9 Å². The topological polar surface area (TPSA) is 106 Å². The van der Waals surface area contributed by atoms with E-state index in [1.807, 2.05) is 0 Å². The van der Waals surface area contributed by atoms with Crippen LogP contribution in [0.25, 0.3) is 5.76 Å². The van der Waals surface area contributed by atoms with E-state index in [1.165, 1.54) is 12.0 Å². The number of hydrogen-bond acceptors (Lipinski definition) is 8. The first-order valence-electron chi connectivity index (χ1n) is 11.1. The first kappa shape index (κ1) is 26.1. The molecule has 0 radical (unpaired) electrons. The fraction of sp³-hybridized carbons (Fsp3) is 0.185. The second-order valence-corrected chi connectivity index (χ2v) is 9.61. The molecule has 1 amide bonds. The molecule has 1 fully saturated rings. The number of halogens is 1. The van der Waals surface area contributed by atoms with Crippen molar-refractivity contribution in [3.8, 4) is 5.75 Å². The normalized spacial score (nSPS) is 16.6. The zero-order valence-corrected chi connectivity index (χ0v) is 21.9. The van der Waals surface area contributed by atoms with Crippen LogP contribution in [0.4, 0.5) is 5.13 Å². The van der Waals surface area contributed by atoms with Crippen LogP contribution in [0.3, 0.4) is 0 Å². The number of rotatable bonds is 7. The number of carbonyl (C=O) groups is 3. The number of aliphatic hydroxyl groups excluding tert-OH is 1. The van der Waals surface area contributed by atoms with Crippen LogP contribution in [0.15, 0.2) is 60.7 Å². The lowest BCUT2D eigenvalue weighted by Crippen LogP contribution is -2.29. The molecule has 1 aliphatic heterocycles. The maximum absolute atomic E-state index is 13.4. The van der Waals surface area contributed by atoms with E-state index < -0.39 is 23.7 Å². The van der Waals surface area contributed by atoms with Gasteiger partial charge in [-0.25, -0.2) is 9.78 Å². The van der Waals surface area contributed by atoms with E-state index in [0.717, 1.165) is 11.3 Å². The molecule has 1 saturated heterocycles. The highest BCUT2D eigenvalue weighted by Gasteiger charge is 2.48. The second kappa shape index (κ2) is 10.6. The summed E-state index contributed by atoms with van der Waals surface area (Å²) in [5.74, 6) is -2.13. The molecule has 1 unspecified atom stereocenters. The van der Waals surface area contributed by atoms with Gasteiger partial charge < -0.3 is 14.6 Å². The van der Waals surface area contributed by atoms with E-state index in [9.17, 15) is 19.5 Å². The van der Waals surface area contributed by atoms with E-state index in [2.05, 4.69) is 11.6 Å². The number of nitrogens with zero attached hydrogens (tertiary/aromatic N) is 2. The van der Waals surface area contributed by atoms with Crippen molar-refractivity contribution in [2.75, 3.05) is 18.6 Å². The third-order valence-electron chi connectivity index (χ3n) is 5.81. The fourth-order valence-corrected chi connectivity index (χ4v) is 5.19. The monoisotopic (exact) mass is 538 g/mol. The SMILES string of the molecule is C=CCOc1ccc(/C(O)=C2\C(=O)C(=O)N(c3nc(C)c(C(=O)OC)s3)C2c2ccc(Cl)cc2)c(C)c1. The van der Waals surface area contributed by atoms with Crippen LogP contribution in [0, 0.1) is 13.8 Å². The van der Waals surface area contributed by atoms with Crippen LogP contribution in [0.1, 0.15) is 38.1 Å². The third-order valence-corrected chi connectivity index (χ3v) is 7.20. The van der Waals surface area contributed by atoms with Gasteiger partial charge in [0, 0.05) is 10.6 Å². The van der Waals surface area contributed by atoms with Gasteiger partial charge in [0.15, 0.2) is 5.13 Å². The number of aryl methyl sites for hydroxylation is 2. The predicted molar refractivity (Wildman–Crippen MR) is 141 cm³/mol. The van der Waals surface area contributed by atoms with Gasteiger partial charge in [-0.05, 0) is 55.3 Å². The van der Waals surface area contributed by atoms with Crippen LogP contribution in [-0.2, 0) is 14.3 Å². The van der Waals surface area contributed by atoms with Crippen molar-refractivity contribution in [2.45, 2.75) is 19.9 Å². The Hall–Kier alpha value is -3.95. The lowest BCUT2D eigenvalue weighted by Gasteiger charge is -2.23. The van der Waals surface area contributed by atoms with E-state index >= 15 is 0 Å². The average Bonchev–Trinajstić information content (AvgIpc) is 3.39. The van der Waals surface area contributed by atoms with Crippen molar-refractivity contribution in [1.29, 1.82) is 0 Å². The summed E-state index contributed by atoms with van der Waals surface area (Å²) in [5.41, 5.74) is 1.78. The summed E-state index contributed by atoms with van der Waals surface area (Å²) in [6, 6.07) is 10.6. The number of anilines is 1. The minimum absolute atomic E-state index is 0.109. The molecule has 1 aromatic heterocycles. The Kier molecular flexibility index (Phi) is 7.47. The molecule has 0 aliphatic carbocycles. The molecule has 2 aromatic carbocycles. The lowest BCUT2D eigenvalue weighted by atomic mass is 9.94. The number of aromatic nitrogens is 1. The molecule has 1 aliphatic rings. The molecular formula is C27H23ClN2O6S. The zero-order valence-electron chi connectivity index (χ0n) is 20.3. The molecule has 8 nitrogen and oxygen atoms in total. The van der Waals surface area contributed by atoms with Gasteiger partial charge in [-0.1, -0.05) is 47.7 Å². The standard InChI is InChI=1S/C27H23ClN2O6S/c1-5-12-36-18-10-11-19(14(2)13-18)22(31)20-21(16-6-8-17(28)9-7-16)30(25(33)23(20)32)27-29-15(3)24(37-27)26(34)35-4/h5-11,13,21,31H,1,12H2,2-4H3/b22-20+. The number of thiazole rings is 1. The van der Waals surface area contributed by atoms with Gasteiger partial charge in [0.2, 0.25) is 0 Å². The summed E-state index contributed by atoms with van der Waals surface area (Å²) in [5, 5.41) is 12.0. The largest absolute Gasteiger partial charge is 0.507 e. The number of aliphatic hydroxyl groups is 1. The summed E-state index contributed by atoms with van der Waals surface area (Å²) in [6.07, 6.45) is 1.61. The lowest BCUT2D eigenvalue weighted by molar-refractivity contribution is -0.132. The summed E-state index contributed by atoms with van der Waals surface area (Å²) >= 11 is 7.01. The Bertz CT molecular complexity index is 1440. The van der Waals surface area contributed by atoms with Crippen molar-refractivity contribution >= 4 is 51.5 Å². The number of benzene rings is 2. The van der Waals surface area contributed by atoms with E-state index in [0.29, 0.717) is 39.8 Å². The molecular weight excluding hydrogens is 516 g/mol. The van der Waals surface area contributed by atoms with Crippen molar-refractivity contribution in [3.05, 3.63) is 93.0 Å². The van der Waals surface area contributed by atoms with Gasteiger partial charge in [-0.3, -0.25) is 14.5 Å². The molecule has 37 heavy (non-hydrogen) atoms. The molecule has 0 spiro atoms. The average molecular weight is 539 g/mol. The Morgan fingerprint density at radius 2 is 1.92 bits per heavy atom. The number of methoxy groups -OCH3 is 1. The van der Waals surface area contributed by atoms with E-state index in [1.54, 1.807) is 62.4 Å². The Morgan fingerprint density at radius 1 is 1.22 bits per heavy atom. The molecule has 10 heteroatoms. The smallest absolute Gasteiger partial charge is 0.350 e. The highest BCUT2D eigenvalue weighted by molar-refractivity contribution is 7.17.